The SMILES string of the molecule is COc1ccc(C(=O)C2=C(Cl)CCCC2=O)c(Cl)c1. The molecule has 3 nitrogen and oxygen atoms in total. The van der Waals surface area contributed by atoms with E-state index in [1.54, 1.807) is 12.1 Å². The molecule has 0 amide bonds. The van der Waals surface area contributed by atoms with Crippen molar-refractivity contribution in [2.24, 2.45) is 0 Å². The third kappa shape index (κ3) is 2.82. The zero-order valence-electron chi connectivity index (χ0n) is 10.3. The average Bonchev–Trinajstić information content (AvgIpc) is 2.38. The molecular weight excluding hydrogens is 287 g/mol. The van der Waals surface area contributed by atoms with Gasteiger partial charge in [0.1, 0.15) is 5.75 Å². The summed E-state index contributed by atoms with van der Waals surface area (Å²) in [7, 11) is 1.51. The van der Waals surface area contributed by atoms with Gasteiger partial charge in [-0.3, -0.25) is 9.59 Å². The molecule has 0 N–H and O–H groups in total. The Bertz CT molecular complexity index is 576. The maximum Gasteiger partial charge on any atom is 0.199 e. The van der Waals surface area contributed by atoms with Crippen LogP contribution in [0.5, 0.6) is 5.75 Å². The number of benzene rings is 1. The number of carbonyl (C=O) groups excluding carboxylic acids is 2. The highest BCUT2D eigenvalue weighted by Crippen LogP contribution is 2.30. The Morgan fingerprint density at radius 2 is 2.00 bits per heavy atom. The van der Waals surface area contributed by atoms with Gasteiger partial charge in [0.05, 0.1) is 17.7 Å². The van der Waals surface area contributed by atoms with Gasteiger partial charge in [-0.2, -0.15) is 0 Å². The number of hydrogen-bond donors (Lipinski definition) is 0. The highest BCUT2D eigenvalue weighted by Gasteiger charge is 2.27. The summed E-state index contributed by atoms with van der Waals surface area (Å²) in [6, 6.07) is 4.71. The smallest absolute Gasteiger partial charge is 0.199 e. The van der Waals surface area contributed by atoms with Crippen molar-refractivity contribution in [3.8, 4) is 5.75 Å². The molecule has 0 unspecified atom stereocenters. The van der Waals surface area contributed by atoms with E-state index in [2.05, 4.69) is 0 Å². The maximum absolute atomic E-state index is 12.4. The van der Waals surface area contributed by atoms with Crippen LogP contribution in [-0.4, -0.2) is 18.7 Å². The molecule has 0 spiro atoms. The topological polar surface area (TPSA) is 43.4 Å². The number of rotatable bonds is 3. The molecule has 0 saturated heterocycles. The number of carbonyl (C=O) groups is 2. The number of methoxy groups -OCH3 is 1. The van der Waals surface area contributed by atoms with E-state index < -0.39 is 5.78 Å². The number of ketones is 2. The third-order valence-electron chi connectivity index (χ3n) is 3.00. The van der Waals surface area contributed by atoms with Crippen LogP contribution in [0.2, 0.25) is 5.02 Å². The van der Waals surface area contributed by atoms with Crippen LogP contribution in [-0.2, 0) is 4.79 Å². The van der Waals surface area contributed by atoms with Crippen molar-refractivity contribution in [1.29, 1.82) is 0 Å². The number of hydrogen-bond acceptors (Lipinski definition) is 3. The first-order valence-electron chi connectivity index (χ1n) is 5.84. The van der Waals surface area contributed by atoms with Gasteiger partial charge in [0, 0.05) is 17.0 Å². The van der Waals surface area contributed by atoms with Crippen molar-refractivity contribution in [3.63, 3.8) is 0 Å². The summed E-state index contributed by atoms with van der Waals surface area (Å²) in [5.74, 6) is -0.0768. The zero-order chi connectivity index (χ0) is 14.0. The predicted octanol–water partition coefficient (Wildman–Crippen LogP) is 3.78. The van der Waals surface area contributed by atoms with Crippen LogP contribution in [0.15, 0.2) is 28.8 Å². The highest BCUT2D eigenvalue weighted by molar-refractivity contribution is 6.42. The molecule has 0 radical (unpaired) electrons. The van der Waals surface area contributed by atoms with Crippen molar-refractivity contribution < 1.29 is 14.3 Å². The van der Waals surface area contributed by atoms with E-state index in [4.69, 9.17) is 27.9 Å². The third-order valence-corrected chi connectivity index (χ3v) is 3.69. The monoisotopic (exact) mass is 298 g/mol. The van der Waals surface area contributed by atoms with Crippen LogP contribution in [0.4, 0.5) is 0 Å². The highest BCUT2D eigenvalue weighted by atomic mass is 35.5. The standard InChI is InChI=1S/C14H12Cl2O3/c1-19-8-5-6-9(11(16)7-8)14(18)13-10(15)3-2-4-12(13)17/h5-7H,2-4H2,1H3. The molecule has 0 aliphatic heterocycles. The van der Waals surface area contributed by atoms with Crippen molar-refractivity contribution in [3.05, 3.63) is 39.4 Å². The molecule has 5 heteroatoms. The summed E-state index contributed by atoms with van der Waals surface area (Å²) in [4.78, 5) is 24.2. The lowest BCUT2D eigenvalue weighted by Gasteiger charge is -2.14. The van der Waals surface area contributed by atoms with Gasteiger partial charge < -0.3 is 4.74 Å². The molecule has 1 aliphatic rings. The fourth-order valence-electron chi connectivity index (χ4n) is 2.00. The minimum absolute atomic E-state index is 0.0694. The van der Waals surface area contributed by atoms with Gasteiger partial charge in [-0.1, -0.05) is 23.2 Å². The molecule has 100 valence electrons. The molecule has 19 heavy (non-hydrogen) atoms. The Morgan fingerprint density at radius 3 is 2.58 bits per heavy atom. The Labute approximate surface area is 121 Å². The molecular formula is C14H12Cl2O3. The zero-order valence-corrected chi connectivity index (χ0v) is 11.8. The molecule has 1 aromatic rings. The Balaban J connectivity index is 2.42. The summed E-state index contributed by atoms with van der Waals surface area (Å²) < 4.78 is 5.02. The van der Waals surface area contributed by atoms with Crippen LogP contribution >= 0.6 is 23.2 Å². The Kier molecular flexibility index (Phi) is 4.27. The first kappa shape index (κ1) is 14.1. The largest absolute Gasteiger partial charge is 0.497 e. The summed E-state index contributed by atoms with van der Waals surface area (Å²) in [5, 5.41) is 0.577. The van der Waals surface area contributed by atoms with E-state index in [9.17, 15) is 9.59 Å². The van der Waals surface area contributed by atoms with Gasteiger partial charge in [-0.05, 0) is 31.0 Å². The van der Waals surface area contributed by atoms with Gasteiger partial charge >= 0.3 is 0 Å². The fourth-order valence-corrected chi connectivity index (χ4v) is 2.58. The van der Waals surface area contributed by atoms with E-state index in [1.807, 2.05) is 0 Å². The first-order valence-corrected chi connectivity index (χ1v) is 6.60. The summed E-state index contributed by atoms with van der Waals surface area (Å²) in [6.07, 6.45) is 1.60. The molecule has 1 aromatic carbocycles. The lowest BCUT2D eigenvalue weighted by atomic mass is 9.91. The second kappa shape index (κ2) is 5.76. The minimum atomic E-state index is -0.414. The van der Waals surface area contributed by atoms with Crippen LogP contribution in [0.1, 0.15) is 29.6 Å². The maximum atomic E-state index is 12.4. The normalized spacial score (nSPS) is 15.6. The molecule has 0 heterocycles. The second-order valence-electron chi connectivity index (χ2n) is 4.23. The lowest BCUT2D eigenvalue weighted by Crippen LogP contribution is -2.18. The molecule has 1 aliphatic carbocycles. The lowest BCUT2D eigenvalue weighted by molar-refractivity contribution is -0.115. The van der Waals surface area contributed by atoms with E-state index in [-0.39, 0.29) is 21.9 Å². The van der Waals surface area contributed by atoms with E-state index >= 15 is 0 Å². The first-order chi connectivity index (χ1) is 9.04. The van der Waals surface area contributed by atoms with Crippen molar-refractivity contribution >= 4 is 34.8 Å². The van der Waals surface area contributed by atoms with Crippen LogP contribution < -0.4 is 4.74 Å². The van der Waals surface area contributed by atoms with Crippen molar-refractivity contribution in [2.75, 3.05) is 7.11 Å². The van der Waals surface area contributed by atoms with E-state index in [0.717, 1.165) is 0 Å². The Morgan fingerprint density at radius 1 is 1.26 bits per heavy atom. The number of ether oxygens (including phenoxy) is 1. The number of Topliss-reactive ketones (excluding diaryl/α,β-unsaturated/α-hetero) is 2. The van der Waals surface area contributed by atoms with Crippen molar-refractivity contribution in [1.82, 2.24) is 0 Å². The van der Waals surface area contributed by atoms with Crippen LogP contribution in [0.25, 0.3) is 0 Å². The Hall–Kier alpha value is -1.32. The average molecular weight is 299 g/mol. The molecule has 0 saturated carbocycles. The number of halogens is 2. The summed E-state index contributed by atoms with van der Waals surface area (Å²) in [6.45, 7) is 0. The quantitative estimate of drug-likeness (QED) is 0.630. The van der Waals surface area contributed by atoms with Gasteiger partial charge in [-0.15, -0.1) is 0 Å². The van der Waals surface area contributed by atoms with E-state index in [1.165, 1.54) is 13.2 Å². The molecule has 0 fully saturated rings. The summed E-state index contributed by atoms with van der Waals surface area (Å²) in [5.41, 5.74) is 0.339. The van der Waals surface area contributed by atoms with Crippen molar-refractivity contribution in [2.45, 2.75) is 19.3 Å². The molecule has 2 rings (SSSR count). The van der Waals surface area contributed by atoms with Gasteiger partial charge in [0.15, 0.2) is 11.6 Å². The van der Waals surface area contributed by atoms with Crippen LogP contribution in [0, 0.1) is 0 Å². The van der Waals surface area contributed by atoms with E-state index in [0.29, 0.717) is 30.0 Å². The fraction of sp³-hybridized carbons (Fsp3) is 0.286. The predicted molar refractivity (Wildman–Crippen MR) is 74.1 cm³/mol. The van der Waals surface area contributed by atoms with Crippen LogP contribution in [0.3, 0.4) is 0 Å². The molecule has 0 bridgehead atoms. The summed E-state index contributed by atoms with van der Waals surface area (Å²) >= 11 is 12.0. The molecule has 0 atom stereocenters. The second-order valence-corrected chi connectivity index (χ2v) is 5.09. The minimum Gasteiger partial charge on any atom is -0.497 e. The van der Waals surface area contributed by atoms with Gasteiger partial charge in [-0.25, -0.2) is 0 Å². The van der Waals surface area contributed by atoms with Gasteiger partial charge in [0.25, 0.3) is 0 Å². The number of allylic oxidation sites excluding steroid dienone is 2. The molecule has 0 aromatic heterocycles. The van der Waals surface area contributed by atoms with Gasteiger partial charge in [0.2, 0.25) is 0 Å².